The van der Waals surface area contributed by atoms with Crippen molar-refractivity contribution < 1.29 is 23.1 Å². The van der Waals surface area contributed by atoms with Crippen LogP contribution in [-0.4, -0.2) is 40.3 Å². The smallest absolute Gasteiger partial charge is 0.331 e. The summed E-state index contributed by atoms with van der Waals surface area (Å²) >= 11 is 0. The molecular weight excluding hydrogens is 373 g/mol. The number of benzene rings is 1. The van der Waals surface area contributed by atoms with Gasteiger partial charge in [0.1, 0.15) is 17.8 Å². The highest BCUT2D eigenvalue weighted by Crippen LogP contribution is 2.42. The van der Waals surface area contributed by atoms with Crippen LogP contribution in [0.15, 0.2) is 28.8 Å². The first-order valence-electron chi connectivity index (χ1n) is 8.54. The van der Waals surface area contributed by atoms with Crippen LogP contribution in [0.5, 0.6) is 0 Å². The molecule has 2 atom stereocenters. The molecule has 0 radical (unpaired) electrons. The fraction of sp³-hybridized carbons (Fsp3) is 0.316. The molecule has 0 bridgehead atoms. The first-order chi connectivity index (χ1) is 13.2. The highest BCUT2D eigenvalue weighted by molar-refractivity contribution is 5.94. The summed E-state index contributed by atoms with van der Waals surface area (Å²) in [5.74, 6) is -1.89. The quantitative estimate of drug-likeness (QED) is 0.621. The van der Waals surface area contributed by atoms with Gasteiger partial charge in [-0.2, -0.15) is 5.10 Å². The van der Waals surface area contributed by atoms with E-state index in [0.29, 0.717) is 5.56 Å². The summed E-state index contributed by atoms with van der Waals surface area (Å²) in [7, 11) is 1.59. The molecule has 1 aromatic heterocycles. The molecule has 0 amide bonds. The van der Waals surface area contributed by atoms with E-state index in [1.54, 1.807) is 7.05 Å². The van der Waals surface area contributed by atoms with Crippen molar-refractivity contribution in [3.8, 4) is 0 Å². The maximum atomic E-state index is 14.3. The largest absolute Gasteiger partial charge is 0.478 e. The van der Waals surface area contributed by atoms with E-state index in [1.807, 2.05) is 0 Å². The number of carboxylic acid groups (broad SMARTS) is 1. The van der Waals surface area contributed by atoms with Crippen LogP contribution in [0.2, 0.25) is 0 Å². The summed E-state index contributed by atoms with van der Waals surface area (Å²) in [6.45, 7) is 4.78. The van der Waals surface area contributed by atoms with Gasteiger partial charge < -0.3 is 10.0 Å². The summed E-state index contributed by atoms with van der Waals surface area (Å²) in [4.78, 5) is 16.6. The molecule has 1 aliphatic rings. The number of aliphatic carboxylic acids is 1. The number of halogens is 3. The van der Waals surface area contributed by atoms with Gasteiger partial charge in [0.25, 0.3) is 0 Å². The molecule has 2 aromatic rings. The lowest BCUT2D eigenvalue weighted by atomic mass is 10.0. The van der Waals surface area contributed by atoms with Crippen molar-refractivity contribution >= 4 is 30.4 Å². The van der Waals surface area contributed by atoms with Crippen molar-refractivity contribution in [2.45, 2.75) is 25.6 Å². The Kier molecular flexibility index (Phi) is 5.26. The number of carbonyl (C=O) groups is 1. The van der Waals surface area contributed by atoms with Crippen LogP contribution in [0.4, 0.5) is 24.8 Å². The summed E-state index contributed by atoms with van der Waals surface area (Å²) in [6, 6.07) is 2.24. The zero-order valence-corrected chi connectivity index (χ0v) is 15.4. The molecule has 0 unspecified atom stereocenters. The number of anilines is 1. The number of aliphatic imine (C=N–C) groups is 1. The van der Waals surface area contributed by atoms with Crippen molar-refractivity contribution in [3.05, 3.63) is 46.5 Å². The Morgan fingerprint density at radius 3 is 2.79 bits per heavy atom. The van der Waals surface area contributed by atoms with E-state index >= 15 is 0 Å². The van der Waals surface area contributed by atoms with Gasteiger partial charge in [-0.15, -0.1) is 0 Å². The van der Waals surface area contributed by atoms with Gasteiger partial charge >= 0.3 is 5.97 Å². The lowest BCUT2D eigenvalue weighted by Gasteiger charge is -2.25. The van der Waals surface area contributed by atoms with Crippen LogP contribution in [0.3, 0.4) is 0 Å². The van der Waals surface area contributed by atoms with Crippen LogP contribution in [0.25, 0.3) is 6.08 Å². The molecule has 1 fully saturated rings. The number of alkyl halides is 1. The summed E-state index contributed by atoms with van der Waals surface area (Å²) in [5.41, 5.74) is 0.362. The average molecular weight is 392 g/mol. The number of aromatic nitrogens is 2. The predicted molar refractivity (Wildman–Crippen MR) is 99.7 cm³/mol. The number of hydrogen-bond acceptors (Lipinski definition) is 4. The van der Waals surface area contributed by atoms with Crippen LogP contribution < -0.4 is 4.90 Å². The Hall–Kier alpha value is -3.10. The van der Waals surface area contributed by atoms with Crippen LogP contribution in [0.1, 0.15) is 30.5 Å². The first-order valence-corrected chi connectivity index (χ1v) is 8.54. The molecule has 1 saturated heterocycles. The zero-order chi connectivity index (χ0) is 20.6. The van der Waals surface area contributed by atoms with E-state index in [9.17, 15) is 23.1 Å². The second-order valence-electron chi connectivity index (χ2n) is 6.64. The molecule has 148 valence electrons. The van der Waals surface area contributed by atoms with Crippen LogP contribution >= 0.6 is 0 Å². The summed E-state index contributed by atoms with van der Waals surface area (Å²) in [5, 5.41) is 13.5. The fourth-order valence-electron chi connectivity index (χ4n) is 3.41. The highest BCUT2D eigenvalue weighted by Gasteiger charge is 2.38. The number of carboxylic acids is 1. The third-order valence-corrected chi connectivity index (χ3v) is 4.72. The van der Waals surface area contributed by atoms with Crippen molar-refractivity contribution in [1.29, 1.82) is 0 Å². The Morgan fingerprint density at radius 2 is 2.14 bits per heavy atom. The van der Waals surface area contributed by atoms with Gasteiger partial charge in [0, 0.05) is 24.6 Å². The minimum Gasteiger partial charge on any atom is -0.478 e. The van der Waals surface area contributed by atoms with E-state index < -0.39 is 29.8 Å². The number of aryl methyl sites for hydroxylation is 1. The van der Waals surface area contributed by atoms with Crippen LogP contribution in [0, 0.1) is 11.6 Å². The zero-order valence-electron chi connectivity index (χ0n) is 15.4. The van der Waals surface area contributed by atoms with Crippen molar-refractivity contribution in [2.24, 2.45) is 12.0 Å². The third-order valence-electron chi connectivity index (χ3n) is 4.72. The minimum absolute atomic E-state index is 0.0173. The van der Waals surface area contributed by atoms with Crippen LogP contribution in [-0.2, 0) is 11.8 Å². The van der Waals surface area contributed by atoms with Gasteiger partial charge in [-0.05, 0) is 37.9 Å². The Morgan fingerprint density at radius 1 is 1.43 bits per heavy atom. The van der Waals surface area contributed by atoms with Gasteiger partial charge in [-0.1, -0.05) is 0 Å². The van der Waals surface area contributed by atoms with Gasteiger partial charge in [-0.3, -0.25) is 0 Å². The second-order valence-corrected chi connectivity index (χ2v) is 6.64. The Bertz CT molecular complexity index is 970. The summed E-state index contributed by atoms with van der Waals surface area (Å²) < 4.78 is 43.7. The molecule has 0 spiro atoms. The predicted octanol–water partition coefficient (Wildman–Crippen LogP) is 3.81. The summed E-state index contributed by atoms with van der Waals surface area (Å²) in [6.07, 6.45) is 0.0286. The third kappa shape index (κ3) is 3.51. The topological polar surface area (TPSA) is 70.7 Å². The van der Waals surface area contributed by atoms with Gasteiger partial charge in [0.05, 0.1) is 18.2 Å². The molecule has 28 heavy (non-hydrogen) atoms. The lowest BCUT2D eigenvalue weighted by Crippen LogP contribution is -2.25. The lowest BCUT2D eigenvalue weighted by molar-refractivity contribution is -0.132. The number of nitrogens with zero attached hydrogens (tertiary/aromatic N) is 4. The molecule has 1 N–H and O–H groups in total. The van der Waals surface area contributed by atoms with E-state index in [-0.39, 0.29) is 35.7 Å². The molecule has 0 saturated carbocycles. The molecule has 0 aliphatic carbocycles. The fourth-order valence-corrected chi connectivity index (χ4v) is 3.41. The molecular formula is C19H19F3N4O2. The van der Waals surface area contributed by atoms with Gasteiger partial charge in [0.2, 0.25) is 0 Å². The van der Waals surface area contributed by atoms with Crippen molar-refractivity contribution in [3.63, 3.8) is 0 Å². The van der Waals surface area contributed by atoms with Gasteiger partial charge in [0.15, 0.2) is 11.6 Å². The van der Waals surface area contributed by atoms with E-state index in [2.05, 4.69) is 16.8 Å². The maximum absolute atomic E-state index is 14.3. The SMILES string of the molecule is C=Nc1c(/C=C(\C)C(=O)O)c(N2C[C@@H](F)C[C@@H]2c2cc(F)ccc2F)nn1C. The Balaban J connectivity index is 2.16. The van der Waals surface area contributed by atoms with Crippen molar-refractivity contribution in [2.75, 3.05) is 11.4 Å². The molecule has 1 aliphatic heterocycles. The molecule has 9 heteroatoms. The highest BCUT2D eigenvalue weighted by atomic mass is 19.1. The molecule has 2 heterocycles. The van der Waals surface area contributed by atoms with E-state index in [4.69, 9.17) is 0 Å². The molecule has 1 aromatic carbocycles. The monoisotopic (exact) mass is 392 g/mol. The van der Waals surface area contributed by atoms with E-state index in [0.717, 1.165) is 18.2 Å². The number of hydrogen-bond donors (Lipinski definition) is 1. The maximum Gasteiger partial charge on any atom is 0.331 e. The normalized spacial score (nSPS) is 19.9. The number of rotatable bonds is 5. The Labute approximate surface area is 159 Å². The van der Waals surface area contributed by atoms with Gasteiger partial charge in [-0.25, -0.2) is 27.6 Å². The second kappa shape index (κ2) is 7.49. The van der Waals surface area contributed by atoms with E-state index in [1.165, 1.54) is 22.6 Å². The molecule has 6 nitrogen and oxygen atoms in total. The minimum atomic E-state index is -1.28. The van der Waals surface area contributed by atoms with Crippen molar-refractivity contribution in [1.82, 2.24) is 9.78 Å². The average Bonchev–Trinajstić information content (AvgIpc) is 3.16. The first kappa shape index (κ1) is 19.7. The molecule has 3 rings (SSSR count). The standard InChI is InChI=1S/C19H19F3N4O2/c1-10(19(27)28)6-14-17(23-2)25(3)24-18(14)26-9-12(21)8-16(26)13-7-11(20)4-5-15(13)22/h4-7,12,16H,2,8-9H2,1,3H3,(H,27,28)/b10-6+/t12-,16+/m0/s1.